The summed E-state index contributed by atoms with van der Waals surface area (Å²) in [5.41, 5.74) is 1.16. The number of carbonyl (C=O) groups is 1. The summed E-state index contributed by atoms with van der Waals surface area (Å²) in [5, 5.41) is 4.29. The lowest BCUT2D eigenvalue weighted by Gasteiger charge is -2.20. The number of imidazole rings is 1. The van der Waals surface area contributed by atoms with Crippen LogP contribution < -0.4 is 0 Å². The van der Waals surface area contributed by atoms with Gasteiger partial charge in [-0.15, -0.1) is 0 Å². The average Bonchev–Trinajstić information content (AvgIpc) is 3.27. The normalized spacial score (nSPS) is 20.9. The summed E-state index contributed by atoms with van der Waals surface area (Å²) in [7, 11) is 0. The van der Waals surface area contributed by atoms with E-state index in [-0.39, 0.29) is 18.1 Å². The number of aryl methyl sites for hydroxylation is 1. The van der Waals surface area contributed by atoms with Gasteiger partial charge in [0.15, 0.2) is 5.69 Å². The van der Waals surface area contributed by atoms with Crippen molar-refractivity contribution in [1.29, 1.82) is 0 Å². The first-order valence-electron chi connectivity index (χ1n) is 7.88. The number of ether oxygens (including phenoxy) is 1. The quantitative estimate of drug-likeness (QED) is 0.698. The summed E-state index contributed by atoms with van der Waals surface area (Å²) >= 11 is 0. The highest BCUT2D eigenvalue weighted by Gasteiger charge is 2.33. The van der Waals surface area contributed by atoms with Crippen LogP contribution in [0.4, 0.5) is 0 Å². The maximum absolute atomic E-state index is 12.6. The molecule has 6 nitrogen and oxygen atoms in total. The molecule has 1 aliphatic carbocycles. The van der Waals surface area contributed by atoms with Gasteiger partial charge in [0.05, 0.1) is 11.6 Å². The first kappa shape index (κ1) is 14.0. The van der Waals surface area contributed by atoms with E-state index in [9.17, 15) is 4.79 Å². The molecule has 0 aliphatic heterocycles. The lowest BCUT2D eigenvalue weighted by Crippen LogP contribution is -2.25. The standard InChI is InChI=1S/C17H18N4O2/c1-12-19-16(14-6-2-3-10-20(12)14)17(22)23-15-8-4-7-13(15)21-11-5-9-18-21/h2-3,5-6,9-11,13,15H,4,7-8H2,1H3/t13-,15-/m1/s1. The molecule has 6 heteroatoms. The third-order valence-electron chi connectivity index (χ3n) is 4.46. The van der Waals surface area contributed by atoms with Crippen molar-refractivity contribution in [1.82, 2.24) is 19.2 Å². The van der Waals surface area contributed by atoms with Crippen molar-refractivity contribution in [3.05, 3.63) is 54.4 Å². The molecule has 0 spiro atoms. The zero-order chi connectivity index (χ0) is 15.8. The molecule has 0 radical (unpaired) electrons. The molecule has 23 heavy (non-hydrogen) atoms. The van der Waals surface area contributed by atoms with Gasteiger partial charge in [-0.05, 0) is 44.4 Å². The molecule has 1 fully saturated rings. The van der Waals surface area contributed by atoms with Gasteiger partial charge in [0.25, 0.3) is 0 Å². The molecule has 0 unspecified atom stereocenters. The summed E-state index contributed by atoms with van der Waals surface area (Å²) in [6.07, 6.45) is 8.30. The Balaban J connectivity index is 1.59. The van der Waals surface area contributed by atoms with E-state index in [2.05, 4.69) is 10.1 Å². The fraction of sp³-hybridized carbons (Fsp3) is 0.353. The summed E-state index contributed by atoms with van der Waals surface area (Å²) < 4.78 is 9.57. The van der Waals surface area contributed by atoms with Gasteiger partial charge >= 0.3 is 5.97 Å². The molecule has 0 saturated heterocycles. The molecular weight excluding hydrogens is 292 g/mol. The van der Waals surface area contributed by atoms with Crippen LogP contribution in [0.15, 0.2) is 42.9 Å². The van der Waals surface area contributed by atoms with Crippen molar-refractivity contribution < 1.29 is 9.53 Å². The van der Waals surface area contributed by atoms with E-state index >= 15 is 0 Å². The highest BCUT2D eigenvalue weighted by Crippen LogP contribution is 2.32. The Kier molecular flexibility index (Phi) is 3.37. The molecule has 0 bridgehead atoms. The Morgan fingerprint density at radius 2 is 2.17 bits per heavy atom. The fourth-order valence-corrected chi connectivity index (χ4v) is 3.36. The number of pyridine rings is 1. The summed E-state index contributed by atoms with van der Waals surface area (Å²) in [5.74, 6) is 0.424. The predicted octanol–water partition coefficient (Wildman–Crippen LogP) is 2.79. The second-order valence-electron chi connectivity index (χ2n) is 5.89. The van der Waals surface area contributed by atoms with Gasteiger partial charge in [-0.2, -0.15) is 5.10 Å². The van der Waals surface area contributed by atoms with Crippen LogP contribution in [0.2, 0.25) is 0 Å². The largest absolute Gasteiger partial charge is 0.455 e. The predicted molar refractivity (Wildman–Crippen MR) is 84.2 cm³/mol. The van der Waals surface area contributed by atoms with E-state index in [0.717, 1.165) is 30.6 Å². The smallest absolute Gasteiger partial charge is 0.359 e. The zero-order valence-corrected chi connectivity index (χ0v) is 12.9. The van der Waals surface area contributed by atoms with E-state index < -0.39 is 0 Å². The maximum atomic E-state index is 12.6. The molecule has 1 aliphatic rings. The number of aromatic nitrogens is 4. The Bertz CT molecular complexity index is 838. The molecule has 3 aromatic heterocycles. The van der Waals surface area contributed by atoms with Crippen LogP contribution in [-0.2, 0) is 4.74 Å². The number of hydrogen-bond acceptors (Lipinski definition) is 4. The van der Waals surface area contributed by atoms with Crippen LogP contribution in [0.1, 0.15) is 41.6 Å². The van der Waals surface area contributed by atoms with Gasteiger partial charge < -0.3 is 9.14 Å². The van der Waals surface area contributed by atoms with Crippen molar-refractivity contribution in [3.8, 4) is 0 Å². The summed E-state index contributed by atoms with van der Waals surface area (Å²) in [6, 6.07) is 7.71. The number of hydrogen-bond donors (Lipinski definition) is 0. The SMILES string of the molecule is Cc1nc(C(=O)O[C@@H]2CCC[C@H]2n2cccn2)c2ccccn12. The van der Waals surface area contributed by atoms with Crippen LogP contribution >= 0.6 is 0 Å². The number of nitrogens with zero attached hydrogens (tertiary/aromatic N) is 4. The molecule has 118 valence electrons. The van der Waals surface area contributed by atoms with Gasteiger partial charge in [-0.3, -0.25) is 4.68 Å². The van der Waals surface area contributed by atoms with E-state index in [1.807, 2.05) is 52.7 Å². The molecule has 0 aromatic carbocycles. The van der Waals surface area contributed by atoms with Crippen molar-refractivity contribution in [2.24, 2.45) is 0 Å². The third-order valence-corrected chi connectivity index (χ3v) is 4.46. The minimum absolute atomic E-state index is 0.115. The van der Waals surface area contributed by atoms with Crippen LogP contribution in [-0.4, -0.2) is 31.2 Å². The molecule has 0 amide bonds. The maximum Gasteiger partial charge on any atom is 0.359 e. The molecule has 4 rings (SSSR count). The van der Waals surface area contributed by atoms with E-state index in [1.165, 1.54) is 0 Å². The first-order chi connectivity index (χ1) is 11.2. The molecular formula is C17H18N4O2. The van der Waals surface area contributed by atoms with Crippen molar-refractivity contribution in [2.45, 2.75) is 38.3 Å². The number of rotatable bonds is 3. The second-order valence-corrected chi connectivity index (χ2v) is 5.89. The topological polar surface area (TPSA) is 61.4 Å². The van der Waals surface area contributed by atoms with Gasteiger partial charge in [0.2, 0.25) is 0 Å². The van der Waals surface area contributed by atoms with E-state index in [4.69, 9.17) is 4.74 Å². The van der Waals surface area contributed by atoms with Crippen LogP contribution in [0, 0.1) is 6.92 Å². The van der Waals surface area contributed by atoms with Crippen LogP contribution in [0.3, 0.4) is 0 Å². The minimum atomic E-state index is -0.356. The van der Waals surface area contributed by atoms with Crippen LogP contribution in [0.25, 0.3) is 5.52 Å². The highest BCUT2D eigenvalue weighted by atomic mass is 16.5. The first-order valence-corrected chi connectivity index (χ1v) is 7.88. The average molecular weight is 310 g/mol. The highest BCUT2D eigenvalue weighted by molar-refractivity contribution is 5.95. The lowest BCUT2D eigenvalue weighted by atomic mass is 10.2. The Hall–Kier alpha value is -2.63. The molecule has 3 heterocycles. The Morgan fingerprint density at radius 1 is 1.26 bits per heavy atom. The molecule has 3 aromatic rings. The number of esters is 1. The molecule has 2 atom stereocenters. The zero-order valence-electron chi connectivity index (χ0n) is 12.9. The van der Waals surface area contributed by atoms with Gasteiger partial charge in [-0.1, -0.05) is 6.07 Å². The summed E-state index contributed by atoms with van der Waals surface area (Å²) in [4.78, 5) is 17.0. The van der Waals surface area contributed by atoms with Crippen LogP contribution in [0.5, 0.6) is 0 Å². The summed E-state index contributed by atoms with van der Waals surface area (Å²) in [6.45, 7) is 1.88. The van der Waals surface area contributed by atoms with Crippen molar-refractivity contribution in [3.63, 3.8) is 0 Å². The Morgan fingerprint density at radius 3 is 3.00 bits per heavy atom. The third kappa shape index (κ3) is 2.40. The van der Waals surface area contributed by atoms with Crippen molar-refractivity contribution >= 4 is 11.5 Å². The van der Waals surface area contributed by atoms with Gasteiger partial charge in [-0.25, -0.2) is 9.78 Å². The second kappa shape index (κ2) is 5.53. The van der Waals surface area contributed by atoms with E-state index in [1.54, 1.807) is 6.20 Å². The number of carbonyl (C=O) groups excluding carboxylic acids is 1. The van der Waals surface area contributed by atoms with Gasteiger partial charge in [0, 0.05) is 18.6 Å². The minimum Gasteiger partial charge on any atom is -0.455 e. The molecule has 1 saturated carbocycles. The Labute approximate surface area is 133 Å². The monoisotopic (exact) mass is 310 g/mol. The van der Waals surface area contributed by atoms with E-state index in [0.29, 0.717) is 5.69 Å². The number of fused-ring (bicyclic) bond motifs is 1. The fourth-order valence-electron chi connectivity index (χ4n) is 3.36. The lowest BCUT2D eigenvalue weighted by molar-refractivity contribution is 0.0206. The van der Waals surface area contributed by atoms with Gasteiger partial charge in [0.1, 0.15) is 11.9 Å². The van der Waals surface area contributed by atoms with Crippen molar-refractivity contribution in [2.75, 3.05) is 0 Å². The molecule has 0 N–H and O–H groups in total.